The molecule has 0 amide bonds. The zero-order valence-electron chi connectivity index (χ0n) is 10.6. The SMILES string of the molecule is Cc1cc(Oc2cc(F)cc(CCl)c2)cc(C)c1Cl. The average molecular weight is 299 g/mol. The Labute approximate surface area is 121 Å². The van der Waals surface area contributed by atoms with Crippen molar-refractivity contribution in [2.45, 2.75) is 19.7 Å². The van der Waals surface area contributed by atoms with Crippen LogP contribution in [0.5, 0.6) is 11.5 Å². The Morgan fingerprint density at radius 3 is 2.16 bits per heavy atom. The quantitative estimate of drug-likeness (QED) is 0.668. The van der Waals surface area contributed by atoms with Crippen LogP contribution in [-0.2, 0) is 5.88 Å². The Balaban J connectivity index is 2.33. The van der Waals surface area contributed by atoms with Crippen molar-refractivity contribution >= 4 is 23.2 Å². The van der Waals surface area contributed by atoms with Gasteiger partial charge >= 0.3 is 0 Å². The summed E-state index contributed by atoms with van der Waals surface area (Å²) in [5.74, 6) is 0.935. The van der Waals surface area contributed by atoms with Crippen LogP contribution in [0.2, 0.25) is 5.02 Å². The molecule has 4 heteroatoms. The number of halogens is 3. The number of hydrogen-bond donors (Lipinski definition) is 0. The second-order valence-corrected chi connectivity index (χ2v) is 5.05. The van der Waals surface area contributed by atoms with Gasteiger partial charge in [0, 0.05) is 17.0 Å². The van der Waals surface area contributed by atoms with Crippen LogP contribution >= 0.6 is 23.2 Å². The fourth-order valence-corrected chi connectivity index (χ4v) is 2.12. The number of ether oxygens (including phenoxy) is 1. The average Bonchev–Trinajstić information content (AvgIpc) is 2.35. The summed E-state index contributed by atoms with van der Waals surface area (Å²) in [5, 5.41) is 0.716. The second kappa shape index (κ2) is 5.81. The summed E-state index contributed by atoms with van der Waals surface area (Å²) in [4.78, 5) is 0. The van der Waals surface area contributed by atoms with Crippen LogP contribution in [0.4, 0.5) is 4.39 Å². The fourth-order valence-electron chi connectivity index (χ4n) is 1.86. The van der Waals surface area contributed by atoms with Crippen LogP contribution in [0, 0.1) is 19.7 Å². The van der Waals surface area contributed by atoms with Gasteiger partial charge in [-0.05, 0) is 54.8 Å². The molecule has 2 rings (SSSR count). The normalized spacial score (nSPS) is 10.6. The highest BCUT2D eigenvalue weighted by Crippen LogP contribution is 2.30. The molecule has 0 saturated heterocycles. The minimum atomic E-state index is -0.365. The summed E-state index contributed by atoms with van der Waals surface area (Å²) in [5.41, 5.74) is 2.52. The van der Waals surface area contributed by atoms with E-state index in [1.807, 2.05) is 26.0 Å². The largest absolute Gasteiger partial charge is 0.457 e. The monoisotopic (exact) mass is 298 g/mol. The highest BCUT2D eigenvalue weighted by atomic mass is 35.5. The van der Waals surface area contributed by atoms with E-state index in [4.69, 9.17) is 27.9 Å². The molecule has 1 nitrogen and oxygen atoms in total. The minimum Gasteiger partial charge on any atom is -0.457 e. The van der Waals surface area contributed by atoms with Gasteiger partial charge in [-0.3, -0.25) is 0 Å². The predicted molar refractivity (Wildman–Crippen MR) is 77.0 cm³/mol. The smallest absolute Gasteiger partial charge is 0.130 e. The highest BCUT2D eigenvalue weighted by molar-refractivity contribution is 6.32. The molecule has 19 heavy (non-hydrogen) atoms. The Morgan fingerprint density at radius 2 is 1.58 bits per heavy atom. The molecule has 0 unspecified atom stereocenters. The molecule has 0 heterocycles. The van der Waals surface area contributed by atoms with Gasteiger partial charge in [-0.1, -0.05) is 11.6 Å². The van der Waals surface area contributed by atoms with Gasteiger partial charge < -0.3 is 4.74 Å². The van der Waals surface area contributed by atoms with Gasteiger partial charge in [0.25, 0.3) is 0 Å². The fraction of sp³-hybridized carbons (Fsp3) is 0.200. The van der Waals surface area contributed by atoms with E-state index in [1.165, 1.54) is 12.1 Å². The van der Waals surface area contributed by atoms with Gasteiger partial charge in [0.15, 0.2) is 0 Å². The third-order valence-electron chi connectivity index (χ3n) is 2.73. The Bertz CT molecular complexity index is 588. The van der Waals surface area contributed by atoms with Crippen LogP contribution in [0.15, 0.2) is 30.3 Å². The van der Waals surface area contributed by atoms with Gasteiger partial charge in [0.1, 0.15) is 17.3 Å². The van der Waals surface area contributed by atoms with Crippen LogP contribution in [0.25, 0.3) is 0 Å². The maximum absolute atomic E-state index is 13.4. The molecular weight excluding hydrogens is 286 g/mol. The third-order valence-corrected chi connectivity index (χ3v) is 3.64. The Morgan fingerprint density at radius 1 is 1.00 bits per heavy atom. The predicted octanol–water partition coefficient (Wildman–Crippen LogP) is 5.63. The van der Waals surface area contributed by atoms with E-state index in [-0.39, 0.29) is 11.7 Å². The van der Waals surface area contributed by atoms with Crippen LogP contribution in [0.1, 0.15) is 16.7 Å². The van der Waals surface area contributed by atoms with E-state index in [2.05, 4.69) is 0 Å². The summed E-state index contributed by atoms with van der Waals surface area (Å²) in [6.45, 7) is 3.80. The zero-order valence-corrected chi connectivity index (χ0v) is 12.1. The Kier molecular flexibility index (Phi) is 4.33. The van der Waals surface area contributed by atoms with Crippen molar-refractivity contribution in [1.82, 2.24) is 0 Å². The van der Waals surface area contributed by atoms with E-state index < -0.39 is 0 Å². The first kappa shape index (κ1) is 14.2. The molecule has 2 aromatic carbocycles. The van der Waals surface area contributed by atoms with Crippen LogP contribution < -0.4 is 4.74 Å². The molecule has 0 saturated carbocycles. The molecule has 0 atom stereocenters. The number of hydrogen-bond acceptors (Lipinski definition) is 1. The lowest BCUT2D eigenvalue weighted by molar-refractivity contribution is 0.475. The van der Waals surface area contributed by atoms with Gasteiger partial charge in [-0.2, -0.15) is 0 Å². The van der Waals surface area contributed by atoms with Crippen molar-refractivity contribution in [3.63, 3.8) is 0 Å². The molecule has 2 aromatic rings. The van der Waals surface area contributed by atoms with Gasteiger partial charge in [0.2, 0.25) is 0 Å². The van der Waals surface area contributed by atoms with Crippen molar-refractivity contribution in [3.8, 4) is 11.5 Å². The first-order valence-corrected chi connectivity index (χ1v) is 6.71. The van der Waals surface area contributed by atoms with Crippen molar-refractivity contribution < 1.29 is 9.13 Å². The summed E-state index contributed by atoms with van der Waals surface area (Å²) < 4.78 is 19.0. The third kappa shape index (κ3) is 3.40. The number of rotatable bonds is 3. The molecule has 0 radical (unpaired) electrons. The first-order chi connectivity index (χ1) is 8.99. The molecule has 0 aliphatic heterocycles. The summed E-state index contributed by atoms with van der Waals surface area (Å²) in [6, 6.07) is 8.07. The lowest BCUT2D eigenvalue weighted by Crippen LogP contribution is -1.90. The highest BCUT2D eigenvalue weighted by Gasteiger charge is 2.06. The van der Waals surface area contributed by atoms with E-state index in [0.29, 0.717) is 22.1 Å². The lowest BCUT2D eigenvalue weighted by atomic mass is 10.1. The molecule has 0 aliphatic rings. The topological polar surface area (TPSA) is 9.23 Å². The molecule has 0 aliphatic carbocycles. The Hall–Kier alpha value is -1.25. The van der Waals surface area contributed by atoms with Crippen molar-refractivity contribution in [1.29, 1.82) is 0 Å². The van der Waals surface area contributed by atoms with Crippen molar-refractivity contribution in [3.05, 3.63) is 57.9 Å². The number of aryl methyl sites for hydroxylation is 2. The van der Waals surface area contributed by atoms with Gasteiger partial charge in [-0.25, -0.2) is 4.39 Å². The van der Waals surface area contributed by atoms with E-state index >= 15 is 0 Å². The van der Waals surface area contributed by atoms with E-state index in [0.717, 1.165) is 11.1 Å². The van der Waals surface area contributed by atoms with Crippen LogP contribution in [0.3, 0.4) is 0 Å². The lowest BCUT2D eigenvalue weighted by Gasteiger charge is -2.10. The number of benzene rings is 2. The molecule has 0 spiro atoms. The number of alkyl halides is 1. The summed E-state index contributed by atoms with van der Waals surface area (Å²) >= 11 is 11.8. The standard InChI is InChI=1S/C15H13Cl2FO/c1-9-3-13(4-10(2)15(9)17)19-14-6-11(8-16)5-12(18)7-14/h3-7H,8H2,1-2H3. The van der Waals surface area contributed by atoms with Crippen LogP contribution in [-0.4, -0.2) is 0 Å². The maximum Gasteiger partial charge on any atom is 0.130 e. The molecule has 0 fully saturated rings. The van der Waals surface area contributed by atoms with Gasteiger partial charge in [-0.15, -0.1) is 11.6 Å². The molecule has 0 N–H and O–H groups in total. The summed E-state index contributed by atoms with van der Waals surface area (Å²) in [6.07, 6.45) is 0. The van der Waals surface area contributed by atoms with Crippen molar-refractivity contribution in [2.75, 3.05) is 0 Å². The maximum atomic E-state index is 13.4. The second-order valence-electron chi connectivity index (χ2n) is 4.40. The molecule has 0 aromatic heterocycles. The molecular formula is C15H13Cl2FO. The van der Waals surface area contributed by atoms with Crippen molar-refractivity contribution in [2.24, 2.45) is 0 Å². The van der Waals surface area contributed by atoms with Gasteiger partial charge in [0.05, 0.1) is 0 Å². The van der Waals surface area contributed by atoms with E-state index in [1.54, 1.807) is 6.07 Å². The first-order valence-electron chi connectivity index (χ1n) is 5.79. The summed E-state index contributed by atoms with van der Waals surface area (Å²) in [7, 11) is 0. The molecule has 0 bridgehead atoms. The molecule has 100 valence electrons. The minimum absolute atomic E-state index is 0.243. The van der Waals surface area contributed by atoms with E-state index in [9.17, 15) is 4.39 Å². The zero-order chi connectivity index (χ0) is 14.0.